The lowest BCUT2D eigenvalue weighted by Crippen LogP contribution is -2.43. The van der Waals surface area contributed by atoms with Crippen molar-refractivity contribution in [3.8, 4) is 0 Å². The molecule has 0 fully saturated rings. The smallest absolute Gasteiger partial charge is 0.313 e. The van der Waals surface area contributed by atoms with E-state index in [9.17, 15) is 23.5 Å². The Kier molecular flexibility index (Phi) is 5.59. The molecule has 0 saturated carbocycles. The molecule has 2 aromatic carbocycles. The van der Waals surface area contributed by atoms with Crippen molar-refractivity contribution in [1.82, 2.24) is 5.32 Å². The number of carbonyl (C=O) groups is 2. The summed E-state index contributed by atoms with van der Waals surface area (Å²) in [4.78, 5) is 23.6. The van der Waals surface area contributed by atoms with E-state index < -0.39 is 35.6 Å². The fourth-order valence-electron chi connectivity index (χ4n) is 2.02. The zero-order chi connectivity index (χ0) is 17.7. The van der Waals surface area contributed by atoms with Gasteiger partial charge in [0.1, 0.15) is 11.6 Å². The molecule has 0 saturated heterocycles. The highest BCUT2D eigenvalue weighted by atomic mass is 19.1. The lowest BCUT2D eigenvalue weighted by atomic mass is 10.0. The predicted octanol–water partition coefficient (Wildman–Crippen LogP) is 2.14. The first-order chi connectivity index (χ1) is 11.4. The van der Waals surface area contributed by atoms with Gasteiger partial charge in [0.2, 0.25) is 0 Å². The van der Waals surface area contributed by atoms with Gasteiger partial charge in [0.05, 0.1) is 12.1 Å². The Morgan fingerprint density at radius 3 is 1.96 bits per heavy atom. The van der Waals surface area contributed by atoms with Crippen LogP contribution in [0, 0.1) is 11.6 Å². The van der Waals surface area contributed by atoms with E-state index in [1.165, 1.54) is 43.3 Å². The molecule has 5 nitrogen and oxygen atoms in total. The van der Waals surface area contributed by atoms with Crippen molar-refractivity contribution >= 4 is 17.5 Å². The zero-order valence-electron chi connectivity index (χ0n) is 12.8. The highest BCUT2D eigenvalue weighted by Gasteiger charge is 2.22. The molecule has 0 radical (unpaired) electrons. The second-order valence-corrected chi connectivity index (χ2v) is 5.22. The summed E-state index contributed by atoms with van der Waals surface area (Å²) in [7, 11) is 0. The quantitative estimate of drug-likeness (QED) is 0.750. The van der Waals surface area contributed by atoms with E-state index >= 15 is 0 Å². The summed E-state index contributed by atoms with van der Waals surface area (Å²) in [6.45, 7) is 1.51. The number of hydrogen-bond donors (Lipinski definition) is 3. The zero-order valence-corrected chi connectivity index (χ0v) is 12.8. The summed E-state index contributed by atoms with van der Waals surface area (Å²) in [6.07, 6.45) is -1.10. The number of benzene rings is 2. The van der Waals surface area contributed by atoms with E-state index in [0.717, 1.165) is 12.1 Å². The van der Waals surface area contributed by atoms with Crippen LogP contribution in [0.15, 0.2) is 48.5 Å². The Hall–Kier alpha value is -2.80. The van der Waals surface area contributed by atoms with Crippen molar-refractivity contribution < 1.29 is 23.5 Å². The molecule has 2 aromatic rings. The fourth-order valence-corrected chi connectivity index (χ4v) is 2.02. The van der Waals surface area contributed by atoms with Crippen LogP contribution < -0.4 is 10.6 Å². The van der Waals surface area contributed by atoms with Crippen molar-refractivity contribution in [2.75, 3.05) is 5.32 Å². The minimum absolute atomic E-state index is 0.267. The second-order valence-electron chi connectivity index (χ2n) is 5.22. The molecule has 0 heterocycles. The van der Waals surface area contributed by atoms with Crippen LogP contribution in [0.1, 0.15) is 18.6 Å². The maximum absolute atomic E-state index is 12.9. The molecular weight excluding hydrogens is 318 g/mol. The topological polar surface area (TPSA) is 78.4 Å². The third kappa shape index (κ3) is 4.60. The van der Waals surface area contributed by atoms with E-state index in [4.69, 9.17) is 0 Å². The molecule has 3 N–H and O–H groups in total. The van der Waals surface area contributed by atoms with Crippen LogP contribution in [-0.2, 0) is 9.59 Å². The number of aliphatic hydroxyl groups is 1. The first kappa shape index (κ1) is 17.6. The molecule has 126 valence electrons. The molecule has 2 amide bonds. The molecule has 0 aromatic heterocycles. The normalized spacial score (nSPS) is 13.0. The van der Waals surface area contributed by atoms with Gasteiger partial charge < -0.3 is 15.7 Å². The largest absolute Gasteiger partial charge is 0.386 e. The van der Waals surface area contributed by atoms with Crippen LogP contribution >= 0.6 is 0 Å². The molecule has 0 bridgehead atoms. The monoisotopic (exact) mass is 334 g/mol. The van der Waals surface area contributed by atoms with Crippen molar-refractivity contribution in [3.63, 3.8) is 0 Å². The van der Waals surface area contributed by atoms with E-state index in [1.807, 2.05) is 0 Å². The Bertz CT molecular complexity index is 718. The Labute approximate surface area is 137 Å². The van der Waals surface area contributed by atoms with E-state index in [2.05, 4.69) is 10.6 Å². The van der Waals surface area contributed by atoms with Crippen LogP contribution in [0.5, 0.6) is 0 Å². The molecule has 0 aliphatic carbocycles. The van der Waals surface area contributed by atoms with Gasteiger partial charge in [-0.3, -0.25) is 9.59 Å². The Balaban J connectivity index is 1.93. The molecular formula is C17H16F2N2O3. The number of rotatable bonds is 4. The molecule has 0 spiro atoms. The number of carbonyl (C=O) groups excluding carboxylic acids is 2. The number of aliphatic hydroxyl groups excluding tert-OH is 1. The Morgan fingerprint density at radius 2 is 1.42 bits per heavy atom. The van der Waals surface area contributed by atoms with Crippen LogP contribution in [0.3, 0.4) is 0 Å². The Morgan fingerprint density at radius 1 is 0.917 bits per heavy atom. The summed E-state index contributed by atoms with van der Waals surface area (Å²) in [5, 5.41) is 14.8. The van der Waals surface area contributed by atoms with Crippen LogP contribution in [-0.4, -0.2) is 23.0 Å². The number of hydrogen-bond acceptors (Lipinski definition) is 3. The van der Waals surface area contributed by atoms with Gasteiger partial charge in [0.15, 0.2) is 0 Å². The number of nitrogens with one attached hydrogen (secondary N) is 2. The van der Waals surface area contributed by atoms with Crippen molar-refractivity contribution in [2.24, 2.45) is 0 Å². The summed E-state index contributed by atoms with van der Waals surface area (Å²) in [5.74, 6) is -2.80. The minimum Gasteiger partial charge on any atom is -0.386 e. The van der Waals surface area contributed by atoms with Gasteiger partial charge in [-0.15, -0.1) is 0 Å². The molecule has 0 aliphatic heterocycles. The molecule has 24 heavy (non-hydrogen) atoms. The highest BCUT2D eigenvalue weighted by Crippen LogP contribution is 2.17. The average Bonchev–Trinajstić information content (AvgIpc) is 2.56. The molecule has 2 unspecified atom stereocenters. The predicted molar refractivity (Wildman–Crippen MR) is 84.0 cm³/mol. The van der Waals surface area contributed by atoms with Gasteiger partial charge in [-0.2, -0.15) is 0 Å². The van der Waals surface area contributed by atoms with Gasteiger partial charge in [-0.05, 0) is 48.9 Å². The maximum Gasteiger partial charge on any atom is 0.313 e. The van der Waals surface area contributed by atoms with E-state index in [1.54, 1.807) is 0 Å². The first-order valence-corrected chi connectivity index (χ1v) is 7.18. The highest BCUT2D eigenvalue weighted by molar-refractivity contribution is 6.39. The molecule has 7 heteroatoms. The summed E-state index contributed by atoms with van der Waals surface area (Å²) in [5.41, 5.74) is 0.673. The molecule has 2 atom stereocenters. The van der Waals surface area contributed by atoms with Crippen molar-refractivity contribution in [1.29, 1.82) is 0 Å². The fraction of sp³-hybridized carbons (Fsp3) is 0.176. The lowest BCUT2D eigenvalue weighted by molar-refractivity contribution is -0.137. The van der Waals surface area contributed by atoms with Crippen LogP contribution in [0.25, 0.3) is 0 Å². The van der Waals surface area contributed by atoms with Gasteiger partial charge in [0.25, 0.3) is 0 Å². The summed E-state index contributed by atoms with van der Waals surface area (Å²) >= 11 is 0. The maximum atomic E-state index is 12.9. The van der Waals surface area contributed by atoms with Gasteiger partial charge in [-0.25, -0.2) is 8.78 Å². The number of anilines is 1. The second kappa shape index (κ2) is 7.65. The van der Waals surface area contributed by atoms with Gasteiger partial charge >= 0.3 is 11.8 Å². The van der Waals surface area contributed by atoms with Gasteiger partial charge in [-0.1, -0.05) is 12.1 Å². The van der Waals surface area contributed by atoms with Crippen molar-refractivity contribution in [2.45, 2.75) is 19.1 Å². The number of amides is 2. The van der Waals surface area contributed by atoms with E-state index in [-0.39, 0.29) is 5.69 Å². The minimum atomic E-state index is -1.10. The molecule has 0 aliphatic rings. The van der Waals surface area contributed by atoms with Crippen LogP contribution in [0.2, 0.25) is 0 Å². The third-order valence-corrected chi connectivity index (χ3v) is 3.35. The summed E-state index contributed by atoms with van der Waals surface area (Å²) < 4.78 is 25.7. The molecule has 2 rings (SSSR count). The third-order valence-electron chi connectivity index (χ3n) is 3.35. The number of halogens is 2. The van der Waals surface area contributed by atoms with Crippen LogP contribution in [0.4, 0.5) is 14.5 Å². The lowest BCUT2D eigenvalue weighted by Gasteiger charge is -2.20. The first-order valence-electron chi connectivity index (χ1n) is 7.18. The average molecular weight is 334 g/mol. The summed E-state index contributed by atoms with van der Waals surface area (Å²) in [6, 6.07) is 9.31. The van der Waals surface area contributed by atoms with E-state index in [0.29, 0.717) is 5.56 Å². The van der Waals surface area contributed by atoms with Gasteiger partial charge in [0, 0.05) is 5.69 Å². The standard InChI is InChI=1S/C17H16F2N2O3/c1-10(15(22)11-2-4-12(18)5-3-11)20-16(23)17(24)21-14-8-6-13(19)7-9-14/h2-10,15,22H,1H3,(H,20,23)(H,21,24). The van der Waals surface area contributed by atoms with Crippen molar-refractivity contribution in [3.05, 3.63) is 65.7 Å². The SMILES string of the molecule is CC(NC(=O)C(=O)Nc1ccc(F)cc1)C(O)c1ccc(F)cc1.